The van der Waals surface area contributed by atoms with Crippen LogP contribution in [0.1, 0.15) is 139 Å². The Morgan fingerprint density at radius 3 is 2.00 bits per heavy atom. The van der Waals surface area contributed by atoms with Crippen molar-refractivity contribution in [2.75, 3.05) is 0 Å². The molecule has 2 aliphatic rings. The van der Waals surface area contributed by atoms with Crippen molar-refractivity contribution >= 4 is 0 Å². The zero-order valence-electron chi connectivity index (χ0n) is 22.3. The second kappa shape index (κ2) is 12.3. The molecule has 6 unspecified atom stereocenters. The van der Waals surface area contributed by atoms with Crippen molar-refractivity contribution in [3.63, 3.8) is 0 Å². The third-order valence-electron chi connectivity index (χ3n) is 9.56. The van der Waals surface area contributed by atoms with Crippen molar-refractivity contribution in [1.29, 1.82) is 0 Å². The van der Waals surface area contributed by atoms with Gasteiger partial charge in [-0.2, -0.15) is 0 Å². The predicted octanol–water partition coefficient (Wildman–Crippen LogP) is 10.2. The van der Waals surface area contributed by atoms with E-state index in [4.69, 9.17) is 0 Å². The van der Waals surface area contributed by atoms with E-state index in [-0.39, 0.29) is 0 Å². The van der Waals surface area contributed by atoms with Gasteiger partial charge in [0.25, 0.3) is 0 Å². The minimum Gasteiger partial charge on any atom is -0.0654 e. The van der Waals surface area contributed by atoms with Gasteiger partial charge in [-0.3, -0.25) is 0 Å². The second-order valence-corrected chi connectivity index (χ2v) is 12.9. The Balaban J connectivity index is 1.85. The molecule has 0 heterocycles. The molecule has 0 aromatic rings. The Kier molecular flexibility index (Phi) is 10.8. The van der Waals surface area contributed by atoms with E-state index in [0.717, 1.165) is 47.3 Å². The zero-order valence-corrected chi connectivity index (χ0v) is 22.3. The van der Waals surface area contributed by atoms with Crippen LogP contribution in [0.15, 0.2) is 0 Å². The Hall–Kier alpha value is 0. The molecule has 0 N–H and O–H groups in total. The summed E-state index contributed by atoms with van der Waals surface area (Å²) >= 11 is 0. The fourth-order valence-electron chi connectivity index (χ4n) is 7.43. The first-order chi connectivity index (χ1) is 14.2. The van der Waals surface area contributed by atoms with Crippen LogP contribution >= 0.6 is 0 Å². The average Bonchev–Trinajstić information content (AvgIpc) is 3.17. The topological polar surface area (TPSA) is 0 Å². The van der Waals surface area contributed by atoms with E-state index < -0.39 is 0 Å². The fourth-order valence-corrected chi connectivity index (χ4v) is 7.43. The van der Waals surface area contributed by atoms with Crippen molar-refractivity contribution in [1.82, 2.24) is 0 Å². The summed E-state index contributed by atoms with van der Waals surface area (Å²) in [6.07, 6.45) is 19.1. The maximum atomic E-state index is 2.68. The summed E-state index contributed by atoms with van der Waals surface area (Å²) in [5, 5.41) is 0. The van der Waals surface area contributed by atoms with E-state index >= 15 is 0 Å². The Labute approximate surface area is 191 Å². The molecule has 0 aromatic carbocycles. The lowest BCUT2D eigenvalue weighted by atomic mass is 9.68. The van der Waals surface area contributed by atoms with Gasteiger partial charge >= 0.3 is 0 Å². The van der Waals surface area contributed by atoms with Gasteiger partial charge < -0.3 is 0 Å². The Morgan fingerprint density at radius 1 is 0.767 bits per heavy atom. The molecule has 0 nitrogen and oxygen atoms in total. The van der Waals surface area contributed by atoms with Crippen LogP contribution in [0.4, 0.5) is 0 Å². The maximum absolute atomic E-state index is 2.68. The van der Waals surface area contributed by atoms with Crippen molar-refractivity contribution in [3.05, 3.63) is 0 Å². The molecule has 30 heavy (non-hydrogen) atoms. The lowest BCUT2D eigenvalue weighted by Gasteiger charge is -2.37. The molecule has 0 aliphatic heterocycles. The lowest BCUT2D eigenvalue weighted by Crippen LogP contribution is -2.26. The maximum Gasteiger partial charge on any atom is -0.0261 e. The summed E-state index contributed by atoms with van der Waals surface area (Å²) in [4.78, 5) is 0. The van der Waals surface area contributed by atoms with Gasteiger partial charge in [0.1, 0.15) is 0 Å². The first-order valence-corrected chi connectivity index (χ1v) is 14.2. The molecule has 2 fully saturated rings. The summed E-state index contributed by atoms with van der Waals surface area (Å²) < 4.78 is 0. The molecule has 2 rings (SSSR count). The summed E-state index contributed by atoms with van der Waals surface area (Å²) in [5.74, 6) is 7.74. The van der Waals surface area contributed by atoms with E-state index in [2.05, 4.69) is 55.4 Å². The van der Waals surface area contributed by atoms with Gasteiger partial charge in [0.15, 0.2) is 0 Å². The van der Waals surface area contributed by atoms with Gasteiger partial charge in [0, 0.05) is 0 Å². The van der Waals surface area contributed by atoms with Crippen molar-refractivity contribution < 1.29 is 0 Å². The summed E-state index contributed by atoms with van der Waals surface area (Å²) in [7, 11) is 0. The van der Waals surface area contributed by atoms with Gasteiger partial charge in [0.2, 0.25) is 0 Å². The summed E-state index contributed by atoms with van der Waals surface area (Å²) in [6, 6.07) is 0. The minimum absolute atomic E-state index is 0.650. The summed E-state index contributed by atoms with van der Waals surface area (Å²) in [5.41, 5.74) is 0.650. The molecule has 6 atom stereocenters. The first kappa shape index (κ1) is 26.3. The second-order valence-electron chi connectivity index (χ2n) is 12.9. The lowest BCUT2D eigenvalue weighted by molar-refractivity contribution is 0.138. The smallest absolute Gasteiger partial charge is 0.0261 e. The van der Waals surface area contributed by atoms with Gasteiger partial charge in [-0.05, 0) is 97.7 Å². The summed E-state index contributed by atoms with van der Waals surface area (Å²) in [6.45, 7) is 19.9. The van der Waals surface area contributed by atoms with Crippen LogP contribution in [-0.2, 0) is 0 Å². The van der Waals surface area contributed by atoms with E-state index in [1.165, 1.54) is 83.5 Å². The molecule has 0 radical (unpaired) electrons. The monoisotopic (exact) mass is 418 g/mol. The highest BCUT2D eigenvalue weighted by Crippen LogP contribution is 2.67. The number of hydrogen-bond donors (Lipinski definition) is 0. The quantitative estimate of drug-likeness (QED) is 0.219. The first-order valence-electron chi connectivity index (χ1n) is 14.2. The van der Waals surface area contributed by atoms with Crippen molar-refractivity contribution in [3.8, 4) is 0 Å². The molecule has 0 spiro atoms. The standard InChI is InChI=1S/C30H58/c1-9-11-12-13-14-15-28-29(30(28,8)21-23(5)16-22(3)4)18-25(7)24(6)17-27-19-26(10-2)20-27/h22-29H,9-21H2,1-8H3. The number of rotatable bonds is 16. The molecule has 0 aromatic heterocycles. The molecule has 0 saturated heterocycles. The van der Waals surface area contributed by atoms with Crippen LogP contribution in [-0.4, -0.2) is 0 Å². The van der Waals surface area contributed by atoms with E-state index in [0.29, 0.717) is 5.41 Å². The van der Waals surface area contributed by atoms with Crippen molar-refractivity contribution in [2.45, 2.75) is 139 Å². The highest BCUT2D eigenvalue weighted by molar-refractivity contribution is 5.08. The Bertz CT molecular complexity index is 459. The third kappa shape index (κ3) is 7.55. The minimum atomic E-state index is 0.650. The van der Waals surface area contributed by atoms with E-state index in [1.807, 2.05) is 0 Å². The van der Waals surface area contributed by atoms with E-state index in [1.54, 1.807) is 0 Å². The van der Waals surface area contributed by atoms with Gasteiger partial charge in [0.05, 0.1) is 0 Å². The van der Waals surface area contributed by atoms with Crippen LogP contribution in [0.25, 0.3) is 0 Å². The molecular formula is C30H58. The van der Waals surface area contributed by atoms with Crippen LogP contribution in [0, 0.1) is 52.8 Å². The highest BCUT2D eigenvalue weighted by atomic mass is 14.6. The Morgan fingerprint density at radius 2 is 1.40 bits per heavy atom. The molecule has 2 saturated carbocycles. The molecule has 2 aliphatic carbocycles. The van der Waals surface area contributed by atoms with Gasteiger partial charge in [-0.1, -0.05) is 93.9 Å². The predicted molar refractivity (Wildman–Crippen MR) is 136 cm³/mol. The molecule has 178 valence electrons. The number of unbranched alkanes of at least 4 members (excludes halogenated alkanes) is 4. The van der Waals surface area contributed by atoms with E-state index in [9.17, 15) is 0 Å². The van der Waals surface area contributed by atoms with Crippen LogP contribution in [0.3, 0.4) is 0 Å². The third-order valence-corrected chi connectivity index (χ3v) is 9.56. The van der Waals surface area contributed by atoms with Crippen LogP contribution in [0.2, 0.25) is 0 Å². The number of hydrogen-bond acceptors (Lipinski definition) is 0. The van der Waals surface area contributed by atoms with Gasteiger partial charge in [-0.25, -0.2) is 0 Å². The largest absolute Gasteiger partial charge is 0.0654 e. The molecule has 0 amide bonds. The normalized spacial score (nSPS) is 33.9. The van der Waals surface area contributed by atoms with Crippen LogP contribution in [0.5, 0.6) is 0 Å². The fraction of sp³-hybridized carbons (Fsp3) is 1.00. The highest BCUT2D eigenvalue weighted by Gasteiger charge is 2.59. The van der Waals surface area contributed by atoms with Crippen LogP contribution < -0.4 is 0 Å². The molecule has 0 bridgehead atoms. The molecule has 0 heteroatoms. The van der Waals surface area contributed by atoms with Crippen molar-refractivity contribution in [2.24, 2.45) is 52.8 Å². The average molecular weight is 419 g/mol. The van der Waals surface area contributed by atoms with Gasteiger partial charge in [-0.15, -0.1) is 0 Å². The zero-order chi connectivity index (χ0) is 22.3. The molecular weight excluding hydrogens is 360 g/mol. The SMILES string of the molecule is CCCCCCCC1C(CC(C)C(C)CC2CC(CC)C2)C1(C)CC(C)CC(C)C.